The van der Waals surface area contributed by atoms with Crippen LogP contribution in [0.2, 0.25) is 0 Å². The van der Waals surface area contributed by atoms with Crippen LogP contribution >= 0.6 is 0 Å². The number of alkyl halides is 2. The SMILES string of the molecule is Cc1cccc(C(=O)c2ccccc2OC(F)F)c1C. The van der Waals surface area contributed by atoms with Crippen LogP contribution in [-0.2, 0) is 0 Å². The Kier molecular flexibility index (Phi) is 4.13. The number of halogens is 2. The summed E-state index contributed by atoms with van der Waals surface area (Å²) in [5, 5.41) is 0. The lowest BCUT2D eigenvalue weighted by molar-refractivity contribution is -0.0501. The molecule has 0 fully saturated rings. The largest absolute Gasteiger partial charge is 0.434 e. The maximum absolute atomic E-state index is 12.5. The van der Waals surface area contributed by atoms with Gasteiger partial charge in [-0.1, -0.05) is 30.3 Å². The standard InChI is InChI=1S/C16H14F2O2/c1-10-6-5-8-12(11(10)2)15(19)13-7-3-4-9-14(13)20-16(17)18/h3-9,16H,1-2H3. The molecule has 20 heavy (non-hydrogen) atoms. The fraction of sp³-hybridized carbons (Fsp3) is 0.188. The maximum atomic E-state index is 12.5. The number of hydrogen-bond acceptors (Lipinski definition) is 2. The van der Waals surface area contributed by atoms with Gasteiger partial charge < -0.3 is 4.74 Å². The fourth-order valence-electron chi connectivity index (χ4n) is 2.00. The van der Waals surface area contributed by atoms with Gasteiger partial charge in [0, 0.05) is 5.56 Å². The molecule has 2 aromatic carbocycles. The lowest BCUT2D eigenvalue weighted by Crippen LogP contribution is -2.10. The average molecular weight is 276 g/mol. The van der Waals surface area contributed by atoms with E-state index >= 15 is 0 Å². The molecular formula is C16H14F2O2. The predicted octanol–water partition coefficient (Wildman–Crippen LogP) is 4.14. The van der Waals surface area contributed by atoms with Crippen LogP contribution in [0.1, 0.15) is 27.0 Å². The Labute approximate surface area is 116 Å². The van der Waals surface area contributed by atoms with Crippen molar-refractivity contribution in [2.24, 2.45) is 0 Å². The molecule has 2 rings (SSSR count). The van der Waals surface area contributed by atoms with Gasteiger partial charge in [0.15, 0.2) is 5.78 Å². The van der Waals surface area contributed by atoms with E-state index in [1.54, 1.807) is 24.3 Å². The number of carbonyl (C=O) groups is 1. The molecule has 0 aliphatic heterocycles. The van der Waals surface area contributed by atoms with Gasteiger partial charge in [0.25, 0.3) is 0 Å². The highest BCUT2D eigenvalue weighted by atomic mass is 19.3. The Balaban J connectivity index is 2.46. The van der Waals surface area contributed by atoms with Crippen molar-refractivity contribution in [3.8, 4) is 5.75 Å². The van der Waals surface area contributed by atoms with E-state index < -0.39 is 6.61 Å². The zero-order chi connectivity index (χ0) is 14.7. The molecule has 0 spiro atoms. The summed E-state index contributed by atoms with van der Waals surface area (Å²) in [6.45, 7) is 0.773. The minimum Gasteiger partial charge on any atom is -0.434 e. The summed E-state index contributed by atoms with van der Waals surface area (Å²) in [5.41, 5.74) is 2.45. The molecule has 0 radical (unpaired) electrons. The van der Waals surface area contributed by atoms with Crippen LogP contribution in [0.15, 0.2) is 42.5 Å². The predicted molar refractivity (Wildman–Crippen MR) is 72.4 cm³/mol. The molecule has 0 unspecified atom stereocenters. The molecule has 0 aliphatic rings. The molecule has 104 valence electrons. The first-order valence-electron chi connectivity index (χ1n) is 6.15. The summed E-state index contributed by atoms with van der Waals surface area (Å²) < 4.78 is 29.2. The van der Waals surface area contributed by atoms with Crippen molar-refractivity contribution in [1.29, 1.82) is 0 Å². The van der Waals surface area contributed by atoms with Gasteiger partial charge >= 0.3 is 6.61 Å². The molecule has 0 aromatic heterocycles. The monoisotopic (exact) mass is 276 g/mol. The third-order valence-corrected chi connectivity index (χ3v) is 3.20. The van der Waals surface area contributed by atoms with E-state index in [-0.39, 0.29) is 17.1 Å². The minimum absolute atomic E-state index is 0.103. The summed E-state index contributed by atoms with van der Waals surface area (Å²) in [7, 11) is 0. The third kappa shape index (κ3) is 2.85. The van der Waals surface area contributed by atoms with Crippen molar-refractivity contribution in [2.45, 2.75) is 20.5 Å². The molecule has 0 bridgehead atoms. The van der Waals surface area contributed by atoms with Gasteiger partial charge in [-0.15, -0.1) is 0 Å². The van der Waals surface area contributed by atoms with E-state index in [1.165, 1.54) is 12.1 Å². The van der Waals surface area contributed by atoms with Crippen molar-refractivity contribution >= 4 is 5.78 Å². The van der Waals surface area contributed by atoms with Crippen LogP contribution in [0.3, 0.4) is 0 Å². The van der Waals surface area contributed by atoms with Crippen LogP contribution < -0.4 is 4.74 Å². The Morgan fingerprint density at radius 1 is 1.00 bits per heavy atom. The normalized spacial score (nSPS) is 10.7. The molecule has 2 aromatic rings. The van der Waals surface area contributed by atoms with Gasteiger partial charge in [-0.2, -0.15) is 8.78 Å². The quantitative estimate of drug-likeness (QED) is 0.785. The Morgan fingerprint density at radius 3 is 2.35 bits per heavy atom. The molecule has 0 atom stereocenters. The van der Waals surface area contributed by atoms with Crippen LogP contribution in [-0.4, -0.2) is 12.4 Å². The first-order chi connectivity index (χ1) is 9.50. The van der Waals surface area contributed by atoms with E-state index in [0.29, 0.717) is 5.56 Å². The molecule has 0 heterocycles. The fourth-order valence-corrected chi connectivity index (χ4v) is 2.00. The highest BCUT2D eigenvalue weighted by Gasteiger charge is 2.18. The summed E-state index contributed by atoms with van der Waals surface area (Å²) in [6.07, 6.45) is 0. The molecule has 0 N–H and O–H groups in total. The highest BCUT2D eigenvalue weighted by Crippen LogP contribution is 2.25. The highest BCUT2D eigenvalue weighted by molar-refractivity contribution is 6.11. The van der Waals surface area contributed by atoms with Crippen LogP contribution in [0.5, 0.6) is 5.75 Å². The lowest BCUT2D eigenvalue weighted by Gasteiger charge is -2.12. The van der Waals surface area contributed by atoms with E-state index in [2.05, 4.69) is 4.74 Å². The maximum Gasteiger partial charge on any atom is 0.387 e. The summed E-state index contributed by atoms with van der Waals surface area (Å²) in [6, 6.07) is 11.4. The third-order valence-electron chi connectivity index (χ3n) is 3.20. The lowest BCUT2D eigenvalue weighted by atomic mass is 9.96. The zero-order valence-corrected chi connectivity index (χ0v) is 11.2. The second-order valence-electron chi connectivity index (χ2n) is 4.45. The van der Waals surface area contributed by atoms with Crippen molar-refractivity contribution in [3.63, 3.8) is 0 Å². The van der Waals surface area contributed by atoms with Crippen LogP contribution in [0, 0.1) is 13.8 Å². The Morgan fingerprint density at radius 2 is 1.65 bits per heavy atom. The van der Waals surface area contributed by atoms with Crippen molar-refractivity contribution in [1.82, 2.24) is 0 Å². The summed E-state index contributed by atoms with van der Waals surface area (Å²) in [4.78, 5) is 12.5. The number of hydrogen-bond donors (Lipinski definition) is 0. The van der Waals surface area contributed by atoms with E-state index in [9.17, 15) is 13.6 Å². The van der Waals surface area contributed by atoms with E-state index in [1.807, 2.05) is 19.9 Å². The topological polar surface area (TPSA) is 26.3 Å². The van der Waals surface area contributed by atoms with Gasteiger partial charge in [-0.3, -0.25) is 4.79 Å². The van der Waals surface area contributed by atoms with Gasteiger partial charge in [0.05, 0.1) is 5.56 Å². The average Bonchev–Trinajstić information content (AvgIpc) is 2.41. The molecule has 0 amide bonds. The number of carbonyl (C=O) groups excluding carboxylic acids is 1. The van der Waals surface area contributed by atoms with Gasteiger partial charge in [0.2, 0.25) is 0 Å². The van der Waals surface area contributed by atoms with E-state index in [0.717, 1.165) is 11.1 Å². The number of ether oxygens (including phenoxy) is 1. The summed E-state index contributed by atoms with van der Waals surface area (Å²) >= 11 is 0. The Bertz CT molecular complexity index is 636. The smallest absolute Gasteiger partial charge is 0.387 e. The number of ketones is 1. The first kappa shape index (κ1) is 14.2. The van der Waals surface area contributed by atoms with Gasteiger partial charge in [0.1, 0.15) is 5.75 Å². The number of rotatable bonds is 4. The van der Waals surface area contributed by atoms with Crippen LogP contribution in [0.4, 0.5) is 8.78 Å². The van der Waals surface area contributed by atoms with Crippen LogP contribution in [0.25, 0.3) is 0 Å². The minimum atomic E-state index is -2.96. The second kappa shape index (κ2) is 5.82. The molecule has 4 heteroatoms. The Hall–Kier alpha value is -2.23. The van der Waals surface area contributed by atoms with E-state index in [4.69, 9.17) is 0 Å². The van der Waals surface area contributed by atoms with Crippen molar-refractivity contribution in [2.75, 3.05) is 0 Å². The second-order valence-corrected chi connectivity index (χ2v) is 4.45. The molecule has 2 nitrogen and oxygen atoms in total. The van der Waals surface area contributed by atoms with Gasteiger partial charge in [-0.05, 0) is 37.1 Å². The molecule has 0 aliphatic carbocycles. The van der Waals surface area contributed by atoms with Crippen molar-refractivity contribution < 1.29 is 18.3 Å². The number of para-hydroxylation sites is 1. The molecule has 0 saturated heterocycles. The number of benzene rings is 2. The zero-order valence-electron chi connectivity index (χ0n) is 11.2. The van der Waals surface area contributed by atoms with Crippen molar-refractivity contribution in [3.05, 3.63) is 64.7 Å². The summed E-state index contributed by atoms with van der Waals surface area (Å²) in [5.74, 6) is -0.421. The molecular weight excluding hydrogens is 262 g/mol. The number of aryl methyl sites for hydroxylation is 1. The van der Waals surface area contributed by atoms with Gasteiger partial charge in [-0.25, -0.2) is 0 Å². The molecule has 0 saturated carbocycles. The first-order valence-corrected chi connectivity index (χ1v) is 6.15.